The lowest BCUT2D eigenvalue weighted by Crippen LogP contribution is -2.31. The number of fused-ring (bicyclic) bond motifs is 1. The molecule has 4 nitrogen and oxygen atoms in total. The highest BCUT2D eigenvalue weighted by molar-refractivity contribution is 5.84. The molecular formula is C14H19N3O. The summed E-state index contributed by atoms with van der Waals surface area (Å²) in [5, 5.41) is 1.16. The second-order valence-corrected chi connectivity index (χ2v) is 4.79. The van der Waals surface area contributed by atoms with Crippen molar-refractivity contribution in [3.8, 4) is 0 Å². The van der Waals surface area contributed by atoms with Crippen LogP contribution in [0.2, 0.25) is 0 Å². The molecule has 0 radical (unpaired) electrons. The number of hydrogen-bond acceptors (Lipinski definition) is 2. The summed E-state index contributed by atoms with van der Waals surface area (Å²) in [5.41, 5.74) is 7.87. The van der Waals surface area contributed by atoms with Crippen LogP contribution in [-0.2, 0) is 11.3 Å². The number of nitrogens with zero attached hydrogens (tertiary/aromatic N) is 1. The number of hydrogen-bond donors (Lipinski definition) is 2. The number of para-hydroxylation sites is 1. The maximum Gasteiger partial charge on any atom is 0.224 e. The molecule has 3 N–H and O–H groups in total. The Labute approximate surface area is 107 Å². The van der Waals surface area contributed by atoms with Crippen molar-refractivity contribution in [1.29, 1.82) is 0 Å². The average Bonchev–Trinajstić information content (AvgIpc) is 2.72. The van der Waals surface area contributed by atoms with Crippen LogP contribution in [0.3, 0.4) is 0 Å². The van der Waals surface area contributed by atoms with Crippen molar-refractivity contribution in [2.45, 2.75) is 25.9 Å². The first-order chi connectivity index (χ1) is 8.58. The Morgan fingerprint density at radius 2 is 2.17 bits per heavy atom. The van der Waals surface area contributed by atoms with Crippen LogP contribution in [0, 0.1) is 0 Å². The number of H-pyrrole nitrogens is 1. The summed E-state index contributed by atoms with van der Waals surface area (Å²) in [6.07, 6.45) is 2.35. The van der Waals surface area contributed by atoms with Gasteiger partial charge in [-0.2, -0.15) is 0 Å². The lowest BCUT2D eigenvalue weighted by molar-refractivity contribution is -0.130. The molecule has 4 heteroatoms. The summed E-state index contributed by atoms with van der Waals surface area (Å²) in [6, 6.07) is 7.99. The summed E-state index contributed by atoms with van der Waals surface area (Å²) < 4.78 is 0. The molecule has 0 aliphatic rings. The Hall–Kier alpha value is -1.81. The predicted molar refractivity (Wildman–Crippen MR) is 73.0 cm³/mol. The van der Waals surface area contributed by atoms with Gasteiger partial charge in [-0.3, -0.25) is 4.79 Å². The first-order valence-corrected chi connectivity index (χ1v) is 6.12. The summed E-state index contributed by atoms with van der Waals surface area (Å²) in [5.74, 6) is 0.0790. The Morgan fingerprint density at radius 3 is 2.89 bits per heavy atom. The molecule has 1 aromatic carbocycles. The second kappa shape index (κ2) is 5.23. The first kappa shape index (κ1) is 12.6. The average molecular weight is 245 g/mol. The van der Waals surface area contributed by atoms with Gasteiger partial charge in [0.25, 0.3) is 0 Å². The fraction of sp³-hybridized carbons (Fsp3) is 0.357. The number of amides is 1. The summed E-state index contributed by atoms with van der Waals surface area (Å²) in [6.45, 7) is 2.45. The molecule has 2 aromatic rings. The van der Waals surface area contributed by atoms with E-state index in [-0.39, 0.29) is 11.9 Å². The monoisotopic (exact) mass is 245 g/mol. The van der Waals surface area contributed by atoms with Gasteiger partial charge < -0.3 is 15.6 Å². The number of nitrogens with two attached hydrogens (primary N) is 1. The van der Waals surface area contributed by atoms with E-state index < -0.39 is 0 Å². The fourth-order valence-corrected chi connectivity index (χ4v) is 2.04. The highest BCUT2D eigenvalue weighted by atomic mass is 16.2. The topological polar surface area (TPSA) is 62.1 Å². The molecule has 1 aromatic heterocycles. The van der Waals surface area contributed by atoms with Gasteiger partial charge in [0.15, 0.2) is 0 Å². The van der Waals surface area contributed by atoms with Crippen LogP contribution in [0.5, 0.6) is 0 Å². The van der Waals surface area contributed by atoms with Crippen molar-refractivity contribution < 1.29 is 4.79 Å². The van der Waals surface area contributed by atoms with E-state index in [1.54, 1.807) is 4.90 Å². The van der Waals surface area contributed by atoms with E-state index in [9.17, 15) is 4.79 Å². The third-order valence-corrected chi connectivity index (χ3v) is 3.00. The minimum Gasteiger partial charge on any atom is -0.361 e. The molecule has 0 aliphatic heterocycles. The number of aromatic nitrogens is 1. The molecule has 1 amide bonds. The first-order valence-electron chi connectivity index (χ1n) is 6.12. The largest absolute Gasteiger partial charge is 0.361 e. The SMILES string of the molecule is CC(N)CC(=O)N(C)Cc1c[nH]c2ccccc12. The molecule has 1 atom stereocenters. The van der Waals surface area contributed by atoms with Gasteiger partial charge in [0.05, 0.1) is 0 Å². The zero-order valence-corrected chi connectivity index (χ0v) is 10.8. The van der Waals surface area contributed by atoms with E-state index >= 15 is 0 Å². The fourth-order valence-electron chi connectivity index (χ4n) is 2.04. The number of carbonyl (C=O) groups excluding carboxylic acids is 1. The van der Waals surface area contributed by atoms with Crippen molar-refractivity contribution in [2.24, 2.45) is 5.73 Å². The van der Waals surface area contributed by atoms with Crippen LogP contribution in [0.4, 0.5) is 0 Å². The van der Waals surface area contributed by atoms with E-state index in [2.05, 4.69) is 11.1 Å². The molecule has 0 saturated carbocycles. The predicted octanol–water partition coefficient (Wildman–Crippen LogP) is 1.86. The summed E-state index contributed by atoms with van der Waals surface area (Å²) >= 11 is 0. The van der Waals surface area contributed by atoms with Crippen LogP contribution >= 0.6 is 0 Å². The zero-order valence-electron chi connectivity index (χ0n) is 10.8. The van der Waals surface area contributed by atoms with Gasteiger partial charge in [0, 0.05) is 43.2 Å². The Bertz CT molecular complexity index is 545. The molecule has 0 bridgehead atoms. The van der Waals surface area contributed by atoms with Crippen LogP contribution < -0.4 is 5.73 Å². The minimum atomic E-state index is -0.0945. The van der Waals surface area contributed by atoms with Crippen molar-refractivity contribution in [3.63, 3.8) is 0 Å². The molecule has 0 aliphatic carbocycles. The minimum absolute atomic E-state index is 0.0790. The maximum absolute atomic E-state index is 11.9. The number of rotatable bonds is 4. The standard InChI is InChI=1S/C14H19N3O/c1-10(15)7-14(18)17(2)9-11-8-16-13-6-4-3-5-12(11)13/h3-6,8,10,16H,7,9,15H2,1-2H3. The Balaban J connectivity index is 2.11. The van der Waals surface area contributed by atoms with Gasteiger partial charge in [-0.15, -0.1) is 0 Å². The molecular weight excluding hydrogens is 226 g/mol. The van der Waals surface area contributed by atoms with Crippen LogP contribution in [0.15, 0.2) is 30.5 Å². The number of nitrogens with one attached hydrogen (secondary N) is 1. The van der Waals surface area contributed by atoms with Gasteiger partial charge >= 0.3 is 0 Å². The van der Waals surface area contributed by atoms with Gasteiger partial charge in [-0.05, 0) is 18.6 Å². The van der Waals surface area contributed by atoms with E-state index in [0.29, 0.717) is 13.0 Å². The lowest BCUT2D eigenvalue weighted by Gasteiger charge is -2.17. The summed E-state index contributed by atoms with van der Waals surface area (Å²) in [4.78, 5) is 16.8. The molecule has 1 heterocycles. The molecule has 1 unspecified atom stereocenters. The Kier molecular flexibility index (Phi) is 3.67. The van der Waals surface area contributed by atoms with E-state index in [1.165, 1.54) is 0 Å². The van der Waals surface area contributed by atoms with Crippen LogP contribution in [0.1, 0.15) is 18.9 Å². The molecule has 96 valence electrons. The highest BCUT2D eigenvalue weighted by Gasteiger charge is 2.13. The molecule has 0 saturated heterocycles. The Morgan fingerprint density at radius 1 is 1.44 bits per heavy atom. The lowest BCUT2D eigenvalue weighted by atomic mass is 10.1. The molecule has 0 fully saturated rings. The van der Waals surface area contributed by atoms with E-state index in [0.717, 1.165) is 16.5 Å². The zero-order chi connectivity index (χ0) is 13.1. The summed E-state index contributed by atoms with van der Waals surface area (Å²) in [7, 11) is 1.81. The number of benzene rings is 1. The van der Waals surface area contributed by atoms with Gasteiger partial charge in [-0.1, -0.05) is 18.2 Å². The van der Waals surface area contributed by atoms with Crippen molar-refractivity contribution in [3.05, 3.63) is 36.0 Å². The van der Waals surface area contributed by atoms with Crippen molar-refractivity contribution >= 4 is 16.8 Å². The van der Waals surface area contributed by atoms with E-state index in [1.807, 2.05) is 38.4 Å². The van der Waals surface area contributed by atoms with Crippen molar-refractivity contribution in [1.82, 2.24) is 9.88 Å². The van der Waals surface area contributed by atoms with Gasteiger partial charge in [0.2, 0.25) is 5.91 Å². The molecule has 18 heavy (non-hydrogen) atoms. The quantitative estimate of drug-likeness (QED) is 0.863. The second-order valence-electron chi connectivity index (χ2n) is 4.79. The van der Waals surface area contributed by atoms with Crippen LogP contribution in [0.25, 0.3) is 10.9 Å². The van der Waals surface area contributed by atoms with Crippen LogP contribution in [-0.4, -0.2) is 28.9 Å². The van der Waals surface area contributed by atoms with Gasteiger partial charge in [0.1, 0.15) is 0 Å². The van der Waals surface area contributed by atoms with Crippen molar-refractivity contribution in [2.75, 3.05) is 7.05 Å². The smallest absolute Gasteiger partial charge is 0.224 e. The third-order valence-electron chi connectivity index (χ3n) is 3.00. The number of carbonyl (C=O) groups is 1. The maximum atomic E-state index is 11.9. The highest BCUT2D eigenvalue weighted by Crippen LogP contribution is 2.19. The number of aromatic amines is 1. The molecule has 0 spiro atoms. The molecule has 2 rings (SSSR count). The normalized spacial score (nSPS) is 12.6. The van der Waals surface area contributed by atoms with E-state index in [4.69, 9.17) is 5.73 Å². The third kappa shape index (κ3) is 2.71. The van der Waals surface area contributed by atoms with Gasteiger partial charge in [-0.25, -0.2) is 0 Å².